The highest BCUT2D eigenvalue weighted by Crippen LogP contribution is 2.29. The number of anilines is 1. The lowest BCUT2D eigenvalue weighted by Crippen LogP contribution is -2.19. The monoisotopic (exact) mass is 319 g/mol. The van der Waals surface area contributed by atoms with E-state index < -0.39 is 0 Å². The topological polar surface area (TPSA) is 98.5 Å². The Hall–Kier alpha value is -2.33. The minimum absolute atomic E-state index is 0.0777. The predicted molar refractivity (Wildman–Crippen MR) is 76.9 cm³/mol. The first kappa shape index (κ1) is 13.6. The predicted octanol–water partition coefficient (Wildman–Crippen LogP) is 1.31. The Bertz CT molecular complexity index is 697. The Balaban J connectivity index is 1.58. The zero-order chi connectivity index (χ0) is 14.5. The number of hydrogen-bond donors (Lipinski definition) is 1. The summed E-state index contributed by atoms with van der Waals surface area (Å²) in [4.78, 5) is 12.8. The second-order valence-corrected chi connectivity index (χ2v) is 6.04. The lowest BCUT2D eigenvalue weighted by molar-refractivity contribution is -0.116. The molecule has 106 valence electrons. The Morgan fingerprint density at radius 2 is 2.14 bits per heavy atom. The largest absolute Gasteiger partial charge is 0.324 e. The molecular weight excluding hydrogens is 310 g/mol. The summed E-state index contributed by atoms with van der Waals surface area (Å²) in [5, 5.41) is 21.1. The van der Waals surface area contributed by atoms with Crippen molar-refractivity contribution in [3.05, 3.63) is 36.1 Å². The van der Waals surface area contributed by atoms with E-state index in [4.69, 9.17) is 0 Å². The first-order valence-electron chi connectivity index (χ1n) is 5.84. The van der Waals surface area contributed by atoms with Gasteiger partial charge in [-0.15, -0.1) is 15.3 Å². The van der Waals surface area contributed by atoms with Crippen molar-refractivity contribution in [3.8, 4) is 0 Å². The van der Waals surface area contributed by atoms with Gasteiger partial charge in [0.15, 0.2) is 4.34 Å². The van der Waals surface area contributed by atoms with Gasteiger partial charge in [-0.25, -0.2) is 4.68 Å². The Morgan fingerprint density at radius 3 is 2.81 bits per heavy atom. The second kappa shape index (κ2) is 6.41. The summed E-state index contributed by atoms with van der Waals surface area (Å²) >= 11 is 3.01. The average molecular weight is 319 g/mol. The first-order chi connectivity index (χ1) is 10.3. The molecule has 0 bridgehead atoms. The summed E-state index contributed by atoms with van der Waals surface area (Å²) in [5.74, 6) is -0.188. The quantitative estimate of drug-likeness (QED) is 0.757. The normalized spacial score (nSPS) is 10.5. The van der Waals surface area contributed by atoms with Crippen molar-refractivity contribution in [2.24, 2.45) is 0 Å². The van der Waals surface area contributed by atoms with Crippen molar-refractivity contribution in [2.45, 2.75) is 15.8 Å². The van der Waals surface area contributed by atoms with Gasteiger partial charge >= 0.3 is 0 Å². The molecule has 0 saturated carbocycles. The van der Waals surface area contributed by atoms with E-state index in [0.29, 0.717) is 0 Å². The number of nitrogens with one attached hydrogen (secondary N) is 1. The van der Waals surface area contributed by atoms with Crippen LogP contribution < -0.4 is 5.32 Å². The number of nitrogens with zero attached hydrogens (tertiary/aromatic N) is 6. The Labute approximate surface area is 127 Å². The summed E-state index contributed by atoms with van der Waals surface area (Å²) in [6.45, 7) is 0.0777. The zero-order valence-corrected chi connectivity index (χ0v) is 12.2. The fourth-order valence-electron chi connectivity index (χ4n) is 1.51. The van der Waals surface area contributed by atoms with Gasteiger partial charge in [0.2, 0.25) is 5.91 Å². The van der Waals surface area contributed by atoms with Crippen molar-refractivity contribution in [1.29, 1.82) is 0 Å². The smallest absolute Gasteiger partial charge is 0.246 e. The third kappa shape index (κ3) is 3.83. The molecule has 2 heterocycles. The van der Waals surface area contributed by atoms with Gasteiger partial charge in [-0.2, -0.15) is 0 Å². The Kier molecular flexibility index (Phi) is 4.17. The maximum Gasteiger partial charge on any atom is 0.246 e. The highest BCUT2D eigenvalue weighted by Gasteiger charge is 2.05. The van der Waals surface area contributed by atoms with Crippen LogP contribution in [0.1, 0.15) is 0 Å². The number of aromatic nitrogens is 6. The van der Waals surface area contributed by atoms with E-state index in [1.165, 1.54) is 34.1 Å². The van der Waals surface area contributed by atoms with Gasteiger partial charge < -0.3 is 5.32 Å². The maximum absolute atomic E-state index is 11.8. The molecule has 2 aromatic heterocycles. The van der Waals surface area contributed by atoms with Crippen LogP contribution in [0.5, 0.6) is 0 Å². The van der Waals surface area contributed by atoms with Crippen LogP contribution in [0.2, 0.25) is 0 Å². The van der Waals surface area contributed by atoms with E-state index in [1.807, 2.05) is 24.3 Å². The van der Waals surface area contributed by atoms with Gasteiger partial charge in [0, 0.05) is 10.6 Å². The summed E-state index contributed by atoms with van der Waals surface area (Å²) in [6.07, 6.45) is 1.39. The van der Waals surface area contributed by atoms with Crippen LogP contribution in [0.25, 0.3) is 0 Å². The van der Waals surface area contributed by atoms with Crippen LogP contribution in [0.15, 0.2) is 45.3 Å². The minimum atomic E-state index is -0.188. The molecule has 0 spiro atoms. The van der Waals surface area contributed by atoms with Gasteiger partial charge in [-0.05, 0) is 34.7 Å². The highest BCUT2D eigenvalue weighted by atomic mass is 32.2. The van der Waals surface area contributed by atoms with E-state index in [1.54, 1.807) is 5.51 Å². The fourth-order valence-corrected chi connectivity index (χ4v) is 2.97. The number of carbonyl (C=O) groups is 1. The summed E-state index contributed by atoms with van der Waals surface area (Å²) in [6, 6.07) is 7.50. The zero-order valence-electron chi connectivity index (χ0n) is 10.6. The summed E-state index contributed by atoms with van der Waals surface area (Å²) in [5.41, 5.74) is 2.41. The third-order valence-electron chi connectivity index (χ3n) is 2.38. The lowest BCUT2D eigenvalue weighted by Gasteiger charge is -2.05. The number of amides is 1. The molecule has 1 amide bonds. The van der Waals surface area contributed by atoms with E-state index in [2.05, 4.69) is 31.0 Å². The molecule has 0 radical (unpaired) electrons. The number of hydrogen-bond acceptors (Lipinski definition) is 8. The maximum atomic E-state index is 11.8. The van der Waals surface area contributed by atoms with Crippen LogP contribution >= 0.6 is 23.1 Å². The highest BCUT2D eigenvalue weighted by molar-refractivity contribution is 8.01. The second-order valence-electron chi connectivity index (χ2n) is 3.89. The van der Waals surface area contributed by atoms with Crippen molar-refractivity contribution in [1.82, 2.24) is 30.4 Å². The molecule has 0 aliphatic heterocycles. The number of rotatable bonds is 5. The molecule has 0 aliphatic rings. The SMILES string of the molecule is O=C(Cn1cnnn1)Nc1ccc(Sc2nncs2)cc1. The van der Waals surface area contributed by atoms with Crippen LogP contribution in [-0.2, 0) is 11.3 Å². The molecule has 1 N–H and O–H groups in total. The lowest BCUT2D eigenvalue weighted by atomic mass is 10.3. The fraction of sp³-hybridized carbons (Fsp3) is 0.0909. The molecule has 0 aliphatic carbocycles. The molecule has 3 aromatic rings. The average Bonchev–Trinajstić information content (AvgIpc) is 3.14. The number of tetrazole rings is 1. The van der Waals surface area contributed by atoms with Gasteiger partial charge in [0.25, 0.3) is 0 Å². The van der Waals surface area contributed by atoms with Gasteiger partial charge in [0.05, 0.1) is 0 Å². The molecule has 10 heteroatoms. The molecular formula is C11H9N7OS2. The van der Waals surface area contributed by atoms with E-state index in [0.717, 1.165) is 14.9 Å². The first-order valence-corrected chi connectivity index (χ1v) is 7.54. The van der Waals surface area contributed by atoms with E-state index >= 15 is 0 Å². The van der Waals surface area contributed by atoms with Gasteiger partial charge in [-0.3, -0.25) is 4.79 Å². The molecule has 8 nitrogen and oxygen atoms in total. The minimum Gasteiger partial charge on any atom is -0.324 e. The van der Waals surface area contributed by atoms with Crippen molar-refractivity contribution in [2.75, 3.05) is 5.32 Å². The molecule has 21 heavy (non-hydrogen) atoms. The Morgan fingerprint density at radius 1 is 1.29 bits per heavy atom. The number of benzene rings is 1. The number of carbonyl (C=O) groups excluding carboxylic acids is 1. The molecule has 0 unspecified atom stereocenters. The van der Waals surface area contributed by atoms with Gasteiger partial charge in [-0.1, -0.05) is 23.1 Å². The summed E-state index contributed by atoms with van der Waals surface area (Å²) < 4.78 is 2.24. The van der Waals surface area contributed by atoms with E-state index in [-0.39, 0.29) is 12.5 Å². The van der Waals surface area contributed by atoms with Crippen molar-refractivity contribution in [3.63, 3.8) is 0 Å². The molecule has 0 atom stereocenters. The van der Waals surface area contributed by atoms with Gasteiger partial charge in [0.1, 0.15) is 18.4 Å². The van der Waals surface area contributed by atoms with Crippen molar-refractivity contribution < 1.29 is 4.79 Å². The summed E-state index contributed by atoms with van der Waals surface area (Å²) in [7, 11) is 0. The van der Waals surface area contributed by atoms with Crippen LogP contribution in [0, 0.1) is 0 Å². The van der Waals surface area contributed by atoms with Crippen molar-refractivity contribution >= 4 is 34.7 Å². The van der Waals surface area contributed by atoms with Crippen LogP contribution in [-0.4, -0.2) is 36.3 Å². The van der Waals surface area contributed by atoms with Crippen LogP contribution in [0.4, 0.5) is 5.69 Å². The molecule has 3 rings (SSSR count). The molecule has 1 aromatic carbocycles. The molecule has 0 fully saturated rings. The van der Waals surface area contributed by atoms with E-state index in [9.17, 15) is 4.79 Å². The van der Waals surface area contributed by atoms with Crippen LogP contribution in [0.3, 0.4) is 0 Å². The molecule has 0 saturated heterocycles. The third-order valence-corrected chi connectivity index (χ3v) is 4.17. The standard InChI is InChI=1S/C11H9N7OS2/c19-10(5-18-6-12-16-17-18)14-8-1-3-9(4-2-8)21-11-15-13-7-20-11/h1-4,6-7H,5H2,(H,14,19).